The molecule has 0 aliphatic carbocycles. The molecule has 1 aromatic heterocycles. The van der Waals surface area contributed by atoms with E-state index in [2.05, 4.69) is 15.6 Å². The van der Waals surface area contributed by atoms with Crippen LogP contribution in [0.25, 0.3) is 0 Å². The predicted octanol–water partition coefficient (Wildman–Crippen LogP) is 4.82. The van der Waals surface area contributed by atoms with Crippen molar-refractivity contribution >= 4 is 28.9 Å². The number of pyridine rings is 1. The SMILES string of the molecule is CCOC(=O)c1ccc(Nc2ccnc(C(=O)Nc3ccccc3CC)c2)cc1. The van der Waals surface area contributed by atoms with Crippen LogP contribution in [0.1, 0.15) is 40.3 Å². The smallest absolute Gasteiger partial charge is 0.338 e. The lowest BCUT2D eigenvalue weighted by molar-refractivity contribution is 0.0526. The van der Waals surface area contributed by atoms with Crippen LogP contribution < -0.4 is 10.6 Å². The summed E-state index contributed by atoms with van der Waals surface area (Å²) in [6.45, 7) is 4.15. The lowest BCUT2D eigenvalue weighted by atomic mass is 10.1. The van der Waals surface area contributed by atoms with Crippen LogP contribution in [-0.4, -0.2) is 23.5 Å². The van der Waals surface area contributed by atoms with Crippen LogP contribution >= 0.6 is 0 Å². The van der Waals surface area contributed by atoms with Crippen molar-refractivity contribution in [1.82, 2.24) is 4.98 Å². The van der Waals surface area contributed by atoms with E-state index in [1.54, 1.807) is 49.5 Å². The van der Waals surface area contributed by atoms with Crippen LogP contribution in [0, 0.1) is 0 Å². The average molecular weight is 389 g/mol. The van der Waals surface area contributed by atoms with E-state index in [1.165, 1.54) is 0 Å². The van der Waals surface area contributed by atoms with E-state index in [0.29, 0.717) is 17.9 Å². The van der Waals surface area contributed by atoms with Gasteiger partial charge in [-0.2, -0.15) is 0 Å². The number of carbonyl (C=O) groups is 2. The van der Waals surface area contributed by atoms with Crippen LogP contribution in [0.3, 0.4) is 0 Å². The summed E-state index contributed by atoms with van der Waals surface area (Å²) in [7, 11) is 0. The highest BCUT2D eigenvalue weighted by Gasteiger charge is 2.11. The van der Waals surface area contributed by atoms with Gasteiger partial charge in [-0.15, -0.1) is 0 Å². The Morgan fingerprint density at radius 1 is 0.966 bits per heavy atom. The van der Waals surface area contributed by atoms with Crippen molar-refractivity contribution in [3.8, 4) is 0 Å². The fourth-order valence-electron chi connectivity index (χ4n) is 2.84. The summed E-state index contributed by atoms with van der Waals surface area (Å²) in [6, 6.07) is 18.1. The number of ether oxygens (including phenoxy) is 1. The Morgan fingerprint density at radius 2 is 1.72 bits per heavy atom. The van der Waals surface area contributed by atoms with Gasteiger partial charge in [0.25, 0.3) is 5.91 Å². The fourth-order valence-corrected chi connectivity index (χ4v) is 2.84. The van der Waals surface area contributed by atoms with Gasteiger partial charge in [0.1, 0.15) is 5.69 Å². The number of nitrogens with zero attached hydrogens (tertiary/aromatic N) is 1. The molecule has 6 heteroatoms. The first-order valence-electron chi connectivity index (χ1n) is 9.50. The number of amides is 1. The number of nitrogens with one attached hydrogen (secondary N) is 2. The Morgan fingerprint density at radius 3 is 2.45 bits per heavy atom. The summed E-state index contributed by atoms with van der Waals surface area (Å²) in [4.78, 5) is 28.5. The molecule has 0 saturated carbocycles. The van der Waals surface area contributed by atoms with Gasteiger partial charge in [-0.3, -0.25) is 9.78 Å². The van der Waals surface area contributed by atoms with Crippen LogP contribution in [0.2, 0.25) is 0 Å². The van der Waals surface area contributed by atoms with Gasteiger partial charge in [0.05, 0.1) is 12.2 Å². The molecule has 3 aromatic rings. The Bertz CT molecular complexity index is 1000. The van der Waals surface area contributed by atoms with Gasteiger partial charge < -0.3 is 15.4 Å². The highest BCUT2D eigenvalue weighted by molar-refractivity contribution is 6.03. The maximum absolute atomic E-state index is 12.6. The molecule has 2 N–H and O–H groups in total. The highest BCUT2D eigenvalue weighted by atomic mass is 16.5. The van der Waals surface area contributed by atoms with E-state index in [4.69, 9.17) is 4.74 Å². The number of para-hydroxylation sites is 1. The largest absolute Gasteiger partial charge is 0.462 e. The quantitative estimate of drug-likeness (QED) is 0.567. The second kappa shape index (κ2) is 9.50. The maximum Gasteiger partial charge on any atom is 0.338 e. The molecule has 0 atom stereocenters. The molecule has 3 rings (SSSR count). The molecular weight excluding hydrogens is 366 g/mol. The molecule has 0 radical (unpaired) electrons. The third-order valence-corrected chi connectivity index (χ3v) is 4.32. The number of benzene rings is 2. The van der Waals surface area contributed by atoms with Gasteiger partial charge in [0.2, 0.25) is 0 Å². The molecule has 0 bridgehead atoms. The zero-order valence-corrected chi connectivity index (χ0v) is 16.4. The van der Waals surface area contributed by atoms with Crippen molar-refractivity contribution in [1.29, 1.82) is 0 Å². The third kappa shape index (κ3) is 5.19. The molecule has 148 valence electrons. The van der Waals surface area contributed by atoms with Gasteiger partial charge in [-0.25, -0.2) is 4.79 Å². The van der Waals surface area contributed by atoms with Gasteiger partial charge in [0.15, 0.2) is 0 Å². The van der Waals surface area contributed by atoms with E-state index < -0.39 is 0 Å². The van der Waals surface area contributed by atoms with Crippen LogP contribution in [0.4, 0.5) is 17.1 Å². The lowest BCUT2D eigenvalue weighted by Gasteiger charge is -2.11. The monoisotopic (exact) mass is 389 g/mol. The number of carbonyl (C=O) groups excluding carboxylic acids is 2. The topological polar surface area (TPSA) is 80.3 Å². The summed E-state index contributed by atoms with van der Waals surface area (Å²) in [6.07, 6.45) is 2.41. The molecule has 0 aliphatic heterocycles. The van der Waals surface area contributed by atoms with Gasteiger partial charge >= 0.3 is 5.97 Å². The van der Waals surface area contributed by atoms with Crippen molar-refractivity contribution in [3.63, 3.8) is 0 Å². The van der Waals surface area contributed by atoms with E-state index in [9.17, 15) is 9.59 Å². The number of hydrogen-bond donors (Lipinski definition) is 2. The van der Waals surface area contributed by atoms with Gasteiger partial charge in [-0.1, -0.05) is 25.1 Å². The van der Waals surface area contributed by atoms with Crippen molar-refractivity contribution in [2.24, 2.45) is 0 Å². The molecule has 2 aromatic carbocycles. The normalized spacial score (nSPS) is 10.3. The molecule has 0 aliphatic rings. The van der Waals surface area contributed by atoms with E-state index in [1.807, 2.05) is 31.2 Å². The number of aromatic nitrogens is 1. The van der Waals surface area contributed by atoms with Crippen LogP contribution in [-0.2, 0) is 11.2 Å². The number of esters is 1. The predicted molar refractivity (Wildman–Crippen MR) is 114 cm³/mol. The average Bonchev–Trinajstić information content (AvgIpc) is 2.75. The first kappa shape index (κ1) is 20.1. The second-order valence-corrected chi connectivity index (χ2v) is 6.32. The van der Waals surface area contributed by atoms with Crippen molar-refractivity contribution in [3.05, 3.63) is 83.7 Å². The van der Waals surface area contributed by atoms with E-state index in [0.717, 1.165) is 29.0 Å². The maximum atomic E-state index is 12.6. The van der Waals surface area contributed by atoms with Crippen LogP contribution in [0.5, 0.6) is 0 Å². The zero-order chi connectivity index (χ0) is 20.6. The van der Waals surface area contributed by atoms with E-state index in [-0.39, 0.29) is 11.9 Å². The number of hydrogen-bond acceptors (Lipinski definition) is 5. The number of rotatable bonds is 7. The number of anilines is 3. The molecule has 1 heterocycles. The molecule has 0 saturated heterocycles. The zero-order valence-electron chi connectivity index (χ0n) is 16.4. The molecular formula is C23H23N3O3. The highest BCUT2D eigenvalue weighted by Crippen LogP contribution is 2.20. The van der Waals surface area contributed by atoms with Crippen LogP contribution in [0.15, 0.2) is 66.9 Å². The molecule has 1 amide bonds. The Hall–Kier alpha value is -3.67. The first-order chi connectivity index (χ1) is 14.1. The molecule has 29 heavy (non-hydrogen) atoms. The van der Waals surface area contributed by atoms with Crippen molar-refractivity contribution < 1.29 is 14.3 Å². The molecule has 6 nitrogen and oxygen atoms in total. The minimum Gasteiger partial charge on any atom is -0.462 e. The number of aryl methyl sites for hydroxylation is 1. The summed E-state index contributed by atoms with van der Waals surface area (Å²) >= 11 is 0. The Labute approximate surface area is 169 Å². The van der Waals surface area contributed by atoms with Crippen molar-refractivity contribution in [2.45, 2.75) is 20.3 Å². The lowest BCUT2D eigenvalue weighted by Crippen LogP contribution is -2.15. The Kier molecular flexibility index (Phi) is 6.58. The third-order valence-electron chi connectivity index (χ3n) is 4.32. The molecule has 0 unspecified atom stereocenters. The van der Waals surface area contributed by atoms with E-state index >= 15 is 0 Å². The first-order valence-corrected chi connectivity index (χ1v) is 9.50. The standard InChI is InChI=1S/C23H23N3O3/c1-3-16-7-5-6-8-20(16)26-22(27)21-15-19(13-14-24-21)25-18-11-9-17(10-12-18)23(28)29-4-2/h5-15H,3-4H2,1-2H3,(H,24,25)(H,26,27). The fraction of sp³-hybridized carbons (Fsp3) is 0.174. The molecule has 0 spiro atoms. The second-order valence-electron chi connectivity index (χ2n) is 6.32. The summed E-state index contributed by atoms with van der Waals surface area (Å²) < 4.78 is 4.98. The van der Waals surface area contributed by atoms with Gasteiger partial charge in [0, 0.05) is 23.3 Å². The minimum atomic E-state index is -0.353. The minimum absolute atomic E-state index is 0.271. The summed E-state index contributed by atoms with van der Waals surface area (Å²) in [5.41, 5.74) is 4.15. The van der Waals surface area contributed by atoms with Gasteiger partial charge in [-0.05, 0) is 61.4 Å². The Balaban J connectivity index is 1.71. The summed E-state index contributed by atoms with van der Waals surface area (Å²) in [5, 5.41) is 6.13. The van der Waals surface area contributed by atoms with Crippen molar-refractivity contribution in [2.75, 3.05) is 17.2 Å². The molecule has 0 fully saturated rings. The summed E-state index contributed by atoms with van der Waals surface area (Å²) in [5.74, 6) is -0.624.